The zero-order chi connectivity index (χ0) is 14.5. The minimum Gasteiger partial charge on any atom is -0.258 e. The monoisotopic (exact) mass is 265 g/mol. The molecule has 2 rings (SSSR count). The molecule has 0 aromatic heterocycles. The lowest BCUT2D eigenvalue weighted by molar-refractivity contribution is -0.384. The number of non-ortho nitro benzene ring substituents is 1. The molecule has 0 atom stereocenters. The predicted molar refractivity (Wildman–Crippen MR) is 76.1 cm³/mol. The van der Waals surface area contributed by atoms with Gasteiger partial charge in [0.25, 0.3) is 5.69 Å². The Kier molecular flexibility index (Phi) is 3.87. The van der Waals surface area contributed by atoms with Crippen LogP contribution in [0.4, 0.5) is 11.4 Å². The van der Waals surface area contributed by atoms with Gasteiger partial charge in [0.1, 0.15) is 0 Å². The van der Waals surface area contributed by atoms with Crippen molar-refractivity contribution in [2.24, 2.45) is 4.99 Å². The first-order valence-corrected chi connectivity index (χ1v) is 5.90. The summed E-state index contributed by atoms with van der Waals surface area (Å²) in [5, 5.41) is 19.3. The van der Waals surface area contributed by atoms with Crippen LogP contribution >= 0.6 is 0 Å². The standard InChI is InChI=1S/C15H11N3O2/c1-11(13-4-8-15(9-5-13)18(19)20)17-14-6-2-12(10-16)3-7-14/h2-9H,1H3. The Morgan fingerprint density at radius 3 is 2.25 bits per heavy atom. The lowest BCUT2D eigenvalue weighted by Gasteiger charge is -2.01. The molecule has 0 aliphatic heterocycles. The van der Waals surface area contributed by atoms with Crippen LogP contribution in [0.5, 0.6) is 0 Å². The third kappa shape index (κ3) is 3.06. The van der Waals surface area contributed by atoms with Crippen LogP contribution in [-0.2, 0) is 0 Å². The molecule has 0 heterocycles. The Labute approximate surface area is 116 Å². The molecule has 0 spiro atoms. The zero-order valence-electron chi connectivity index (χ0n) is 10.8. The van der Waals surface area contributed by atoms with Gasteiger partial charge in [-0.15, -0.1) is 0 Å². The van der Waals surface area contributed by atoms with Gasteiger partial charge < -0.3 is 0 Å². The number of benzene rings is 2. The molecule has 0 bridgehead atoms. The molecule has 5 nitrogen and oxygen atoms in total. The normalized spacial score (nSPS) is 10.9. The van der Waals surface area contributed by atoms with Gasteiger partial charge in [-0.1, -0.05) is 0 Å². The highest BCUT2D eigenvalue weighted by atomic mass is 16.6. The second kappa shape index (κ2) is 5.76. The van der Waals surface area contributed by atoms with E-state index >= 15 is 0 Å². The quantitative estimate of drug-likeness (QED) is 0.483. The third-order valence-electron chi connectivity index (χ3n) is 2.79. The van der Waals surface area contributed by atoms with Gasteiger partial charge in [0.2, 0.25) is 0 Å². The van der Waals surface area contributed by atoms with Gasteiger partial charge >= 0.3 is 0 Å². The van der Waals surface area contributed by atoms with Gasteiger partial charge in [0, 0.05) is 17.8 Å². The molecule has 0 radical (unpaired) electrons. The van der Waals surface area contributed by atoms with Crippen molar-refractivity contribution in [1.29, 1.82) is 5.26 Å². The van der Waals surface area contributed by atoms with Gasteiger partial charge in [-0.25, -0.2) is 0 Å². The van der Waals surface area contributed by atoms with Crippen molar-refractivity contribution in [3.8, 4) is 6.07 Å². The fraction of sp³-hybridized carbons (Fsp3) is 0.0667. The second-order valence-corrected chi connectivity index (χ2v) is 4.16. The first-order valence-electron chi connectivity index (χ1n) is 5.90. The summed E-state index contributed by atoms with van der Waals surface area (Å²) in [6, 6.07) is 15.2. The van der Waals surface area contributed by atoms with Gasteiger partial charge in [-0.3, -0.25) is 15.1 Å². The third-order valence-corrected chi connectivity index (χ3v) is 2.79. The van der Waals surface area contributed by atoms with Crippen LogP contribution in [0.15, 0.2) is 53.5 Å². The van der Waals surface area contributed by atoms with E-state index in [9.17, 15) is 10.1 Å². The van der Waals surface area contributed by atoms with E-state index in [2.05, 4.69) is 4.99 Å². The minimum atomic E-state index is -0.434. The van der Waals surface area contributed by atoms with E-state index in [0.29, 0.717) is 5.56 Å². The van der Waals surface area contributed by atoms with Crippen LogP contribution in [0, 0.1) is 21.4 Å². The Morgan fingerprint density at radius 2 is 1.75 bits per heavy atom. The summed E-state index contributed by atoms with van der Waals surface area (Å²) in [5.74, 6) is 0. The minimum absolute atomic E-state index is 0.0555. The average molecular weight is 265 g/mol. The molecule has 98 valence electrons. The lowest BCUT2D eigenvalue weighted by atomic mass is 10.1. The van der Waals surface area contributed by atoms with E-state index in [4.69, 9.17) is 5.26 Å². The smallest absolute Gasteiger partial charge is 0.258 e. The van der Waals surface area contributed by atoms with Gasteiger partial charge in [-0.2, -0.15) is 5.26 Å². The fourth-order valence-corrected chi connectivity index (χ4v) is 1.69. The predicted octanol–water partition coefficient (Wildman–Crippen LogP) is 3.61. The van der Waals surface area contributed by atoms with E-state index in [1.54, 1.807) is 36.4 Å². The van der Waals surface area contributed by atoms with E-state index in [1.807, 2.05) is 13.0 Å². The van der Waals surface area contributed by atoms with E-state index in [1.165, 1.54) is 12.1 Å². The molecule has 0 saturated carbocycles. The average Bonchev–Trinajstić information content (AvgIpc) is 2.48. The summed E-state index contributed by atoms with van der Waals surface area (Å²) in [6.45, 7) is 1.83. The number of nitriles is 1. The SMILES string of the molecule is CC(=Nc1ccc(C#N)cc1)c1ccc([N+](=O)[O-])cc1. The van der Waals surface area contributed by atoms with Crippen LogP contribution in [0.3, 0.4) is 0 Å². The molecule has 0 unspecified atom stereocenters. The molecule has 0 N–H and O–H groups in total. The molecule has 20 heavy (non-hydrogen) atoms. The summed E-state index contributed by atoms with van der Waals surface area (Å²) >= 11 is 0. The fourth-order valence-electron chi connectivity index (χ4n) is 1.69. The molecule has 0 amide bonds. The van der Waals surface area contributed by atoms with Crippen LogP contribution < -0.4 is 0 Å². The number of nitro benzene ring substituents is 1. The van der Waals surface area contributed by atoms with Crippen LogP contribution in [0.1, 0.15) is 18.1 Å². The number of hydrogen-bond acceptors (Lipinski definition) is 4. The highest BCUT2D eigenvalue weighted by Gasteiger charge is 2.05. The summed E-state index contributed by atoms with van der Waals surface area (Å²) in [6.07, 6.45) is 0. The summed E-state index contributed by atoms with van der Waals surface area (Å²) < 4.78 is 0. The number of hydrogen-bond donors (Lipinski definition) is 0. The molecular formula is C15H11N3O2. The highest BCUT2D eigenvalue weighted by molar-refractivity contribution is 6.00. The Morgan fingerprint density at radius 1 is 1.15 bits per heavy atom. The Hall–Kier alpha value is -3.00. The topological polar surface area (TPSA) is 79.3 Å². The number of aliphatic imine (C=N–C) groups is 1. The first kappa shape index (κ1) is 13.4. The maximum Gasteiger partial charge on any atom is 0.269 e. The van der Waals surface area contributed by atoms with Crippen molar-refractivity contribution in [3.05, 3.63) is 69.8 Å². The van der Waals surface area contributed by atoms with Gasteiger partial charge in [0.05, 0.1) is 22.2 Å². The number of nitrogens with zero attached hydrogens (tertiary/aromatic N) is 3. The van der Waals surface area contributed by atoms with Gasteiger partial charge in [0.15, 0.2) is 0 Å². The molecule has 2 aromatic rings. The van der Waals surface area contributed by atoms with Crippen LogP contribution in [-0.4, -0.2) is 10.6 Å². The molecule has 2 aromatic carbocycles. The molecular weight excluding hydrogens is 254 g/mol. The van der Waals surface area contributed by atoms with Crippen molar-refractivity contribution in [2.75, 3.05) is 0 Å². The zero-order valence-corrected chi connectivity index (χ0v) is 10.8. The summed E-state index contributed by atoms with van der Waals surface area (Å²) in [4.78, 5) is 14.6. The number of rotatable bonds is 3. The Bertz CT molecular complexity index is 695. The maximum absolute atomic E-state index is 10.6. The van der Waals surface area contributed by atoms with Crippen molar-refractivity contribution in [3.63, 3.8) is 0 Å². The molecule has 0 aliphatic carbocycles. The van der Waals surface area contributed by atoms with Crippen molar-refractivity contribution in [2.45, 2.75) is 6.92 Å². The molecule has 0 aliphatic rings. The van der Waals surface area contributed by atoms with Gasteiger partial charge in [-0.05, 0) is 48.9 Å². The largest absolute Gasteiger partial charge is 0.269 e. The highest BCUT2D eigenvalue weighted by Crippen LogP contribution is 2.17. The van der Waals surface area contributed by atoms with E-state index in [-0.39, 0.29) is 5.69 Å². The van der Waals surface area contributed by atoms with Crippen LogP contribution in [0.2, 0.25) is 0 Å². The second-order valence-electron chi connectivity index (χ2n) is 4.16. The summed E-state index contributed by atoms with van der Waals surface area (Å²) in [5.41, 5.74) is 2.95. The molecule has 0 fully saturated rings. The first-order chi connectivity index (χ1) is 9.60. The molecule has 5 heteroatoms. The lowest BCUT2D eigenvalue weighted by Crippen LogP contribution is -1.95. The van der Waals surface area contributed by atoms with E-state index < -0.39 is 4.92 Å². The van der Waals surface area contributed by atoms with E-state index in [0.717, 1.165) is 17.0 Å². The van der Waals surface area contributed by atoms with Crippen molar-refractivity contribution in [1.82, 2.24) is 0 Å². The number of nitro groups is 1. The maximum atomic E-state index is 10.6. The van der Waals surface area contributed by atoms with Crippen molar-refractivity contribution >= 4 is 17.1 Å². The van der Waals surface area contributed by atoms with Crippen LogP contribution in [0.25, 0.3) is 0 Å². The van der Waals surface area contributed by atoms with Crippen molar-refractivity contribution < 1.29 is 4.92 Å². The Balaban J connectivity index is 2.25. The summed E-state index contributed by atoms with van der Waals surface area (Å²) in [7, 11) is 0. The molecule has 0 saturated heterocycles.